The summed E-state index contributed by atoms with van der Waals surface area (Å²) in [7, 11) is -1.61. The SMILES string of the molecule is COc1cccnc1C1CCC(OC[C@]2(c3nc(CCl)co3)CC[C@H](NS(C)(=O)=O)C2)CC1. The van der Waals surface area contributed by atoms with E-state index in [1.807, 2.05) is 18.3 Å². The summed E-state index contributed by atoms with van der Waals surface area (Å²) in [4.78, 5) is 9.12. The van der Waals surface area contributed by atoms with Gasteiger partial charge >= 0.3 is 0 Å². The van der Waals surface area contributed by atoms with Gasteiger partial charge in [0.2, 0.25) is 15.9 Å². The maximum atomic E-state index is 11.8. The van der Waals surface area contributed by atoms with Crippen LogP contribution in [0.5, 0.6) is 5.75 Å². The van der Waals surface area contributed by atoms with Crippen LogP contribution in [0.3, 0.4) is 0 Å². The molecule has 0 radical (unpaired) electrons. The standard InChI is InChI=1S/C23H32ClN3O5S/c1-30-20-4-3-11-25-21(20)16-5-7-19(8-6-16)32-15-23(22-26-18(13-24)14-31-22)10-9-17(12-23)27-33(2,28)29/h3-4,11,14,16-17,19,27H,5-10,12-13,15H2,1-2H3/t16?,17-,19?,23-/m0/s1. The number of hydrogen-bond acceptors (Lipinski definition) is 7. The summed E-state index contributed by atoms with van der Waals surface area (Å²) >= 11 is 5.93. The highest BCUT2D eigenvalue weighted by molar-refractivity contribution is 7.88. The number of ether oxygens (including phenoxy) is 2. The Morgan fingerprint density at radius 3 is 2.73 bits per heavy atom. The molecule has 0 unspecified atom stereocenters. The van der Waals surface area contributed by atoms with Gasteiger partial charge in [0.1, 0.15) is 12.0 Å². The van der Waals surface area contributed by atoms with Gasteiger partial charge in [0, 0.05) is 18.2 Å². The molecule has 0 spiro atoms. The Kier molecular flexibility index (Phi) is 7.63. The van der Waals surface area contributed by atoms with Gasteiger partial charge in [-0.25, -0.2) is 18.1 Å². The Balaban J connectivity index is 1.41. The number of halogens is 1. The zero-order valence-corrected chi connectivity index (χ0v) is 20.7. The molecule has 8 nitrogen and oxygen atoms in total. The van der Waals surface area contributed by atoms with Crippen LogP contribution in [-0.2, 0) is 26.1 Å². The number of nitrogens with zero attached hydrogens (tertiary/aromatic N) is 2. The summed E-state index contributed by atoms with van der Waals surface area (Å²) in [6.45, 7) is 0.444. The third-order valence-electron chi connectivity index (χ3n) is 6.81. The summed E-state index contributed by atoms with van der Waals surface area (Å²) < 4.78 is 44.0. The van der Waals surface area contributed by atoms with Crippen molar-refractivity contribution in [2.24, 2.45) is 0 Å². The topological polar surface area (TPSA) is 104 Å². The van der Waals surface area contributed by atoms with Crippen molar-refractivity contribution in [3.63, 3.8) is 0 Å². The maximum Gasteiger partial charge on any atom is 0.208 e. The first-order valence-corrected chi connectivity index (χ1v) is 13.8. The molecule has 0 saturated heterocycles. The van der Waals surface area contributed by atoms with E-state index in [4.69, 9.17) is 25.5 Å². The Hall–Kier alpha value is -1.68. The van der Waals surface area contributed by atoms with Crippen molar-refractivity contribution >= 4 is 21.6 Å². The average Bonchev–Trinajstić information content (AvgIpc) is 3.45. The monoisotopic (exact) mass is 497 g/mol. The maximum absolute atomic E-state index is 11.8. The largest absolute Gasteiger partial charge is 0.495 e. The number of oxazole rings is 1. The Morgan fingerprint density at radius 2 is 2.06 bits per heavy atom. The van der Waals surface area contributed by atoms with Crippen LogP contribution >= 0.6 is 11.6 Å². The number of methoxy groups -OCH3 is 1. The molecule has 2 aliphatic rings. The van der Waals surface area contributed by atoms with Crippen molar-refractivity contribution in [3.8, 4) is 5.75 Å². The van der Waals surface area contributed by atoms with Crippen molar-refractivity contribution in [2.45, 2.75) is 74.3 Å². The number of rotatable bonds is 9. The molecule has 4 rings (SSSR count). The molecule has 0 bridgehead atoms. The highest BCUT2D eigenvalue weighted by atomic mass is 35.5. The lowest BCUT2D eigenvalue weighted by atomic mass is 9.83. The van der Waals surface area contributed by atoms with Gasteiger partial charge in [0.15, 0.2) is 0 Å². The van der Waals surface area contributed by atoms with Crippen LogP contribution in [0, 0.1) is 0 Å². The van der Waals surface area contributed by atoms with Gasteiger partial charge in [-0.2, -0.15) is 0 Å². The Morgan fingerprint density at radius 1 is 1.27 bits per heavy atom. The number of nitrogens with one attached hydrogen (secondary N) is 1. The lowest BCUT2D eigenvalue weighted by Crippen LogP contribution is -2.37. The van der Waals surface area contributed by atoms with Crippen LogP contribution in [0.15, 0.2) is 29.0 Å². The van der Waals surface area contributed by atoms with E-state index >= 15 is 0 Å². The quantitative estimate of drug-likeness (QED) is 0.524. The number of aromatic nitrogens is 2. The lowest BCUT2D eigenvalue weighted by molar-refractivity contribution is -0.0103. The lowest BCUT2D eigenvalue weighted by Gasteiger charge is -2.32. The highest BCUT2D eigenvalue weighted by Crippen LogP contribution is 2.43. The zero-order chi connectivity index (χ0) is 23.5. The number of sulfonamides is 1. The summed E-state index contributed by atoms with van der Waals surface area (Å²) in [5.74, 6) is 2.06. The average molecular weight is 498 g/mol. The smallest absolute Gasteiger partial charge is 0.208 e. The van der Waals surface area contributed by atoms with E-state index in [-0.39, 0.29) is 18.0 Å². The molecule has 10 heteroatoms. The Bertz CT molecular complexity index is 1040. The van der Waals surface area contributed by atoms with E-state index in [1.54, 1.807) is 13.4 Å². The first-order valence-electron chi connectivity index (χ1n) is 11.4. The fourth-order valence-corrected chi connectivity index (χ4v) is 6.12. The molecule has 0 aliphatic heterocycles. The van der Waals surface area contributed by atoms with Crippen molar-refractivity contribution < 1.29 is 22.3 Å². The molecule has 182 valence electrons. The van der Waals surface area contributed by atoms with Crippen molar-refractivity contribution in [1.29, 1.82) is 0 Å². The van der Waals surface area contributed by atoms with Crippen molar-refractivity contribution in [3.05, 3.63) is 41.9 Å². The molecule has 1 N–H and O–H groups in total. The minimum atomic E-state index is -3.29. The molecule has 2 saturated carbocycles. The van der Waals surface area contributed by atoms with Gasteiger partial charge in [-0.1, -0.05) is 0 Å². The molecule has 2 fully saturated rings. The normalized spacial score (nSPS) is 28.2. The molecule has 2 aliphatic carbocycles. The van der Waals surface area contributed by atoms with E-state index in [9.17, 15) is 8.42 Å². The third kappa shape index (κ3) is 5.88. The summed E-state index contributed by atoms with van der Waals surface area (Å²) in [5.41, 5.74) is 1.23. The van der Waals surface area contributed by atoms with Gasteiger partial charge < -0.3 is 13.9 Å². The predicted molar refractivity (Wildman–Crippen MR) is 125 cm³/mol. The molecule has 2 heterocycles. The van der Waals surface area contributed by atoms with E-state index in [2.05, 4.69) is 14.7 Å². The minimum Gasteiger partial charge on any atom is -0.495 e. The molecule has 2 atom stereocenters. The van der Waals surface area contributed by atoms with E-state index in [0.29, 0.717) is 37.0 Å². The molecular formula is C23H32ClN3O5S. The fraction of sp³-hybridized carbons (Fsp3) is 0.652. The molecule has 2 aromatic rings. The minimum absolute atomic E-state index is 0.136. The van der Waals surface area contributed by atoms with Crippen LogP contribution in [0.25, 0.3) is 0 Å². The van der Waals surface area contributed by atoms with Crippen molar-refractivity contribution in [1.82, 2.24) is 14.7 Å². The molecule has 0 aromatic carbocycles. The summed E-state index contributed by atoms with van der Waals surface area (Å²) in [6, 6.07) is 3.69. The Labute approximate surface area is 200 Å². The van der Waals surface area contributed by atoms with Crippen LogP contribution in [0.2, 0.25) is 0 Å². The van der Waals surface area contributed by atoms with Crippen LogP contribution in [0.1, 0.15) is 68.1 Å². The van der Waals surface area contributed by atoms with Crippen LogP contribution in [-0.4, -0.2) is 50.5 Å². The summed E-state index contributed by atoms with van der Waals surface area (Å²) in [5, 5.41) is 0. The van der Waals surface area contributed by atoms with E-state index < -0.39 is 15.4 Å². The van der Waals surface area contributed by atoms with Gasteiger partial charge in [-0.3, -0.25) is 4.98 Å². The van der Waals surface area contributed by atoms with Gasteiger partial charge in [0.25, 0.3) is 0 Å². The fourth-order valence-electron chi connectivity index (χ4n) is 5.19. The number of hydrogen-bond donors (Lipinski definition) is 1. The third-order valence-corrected chi connectivity index (χ3v) is 7.84. The second-order valence-electron chi connectivity index (χ2n) is 9.26. The van der Waals surface area contributed by atoms with Crippen molar-refractivity contribution in [2.75, 3.05) is 20.0 Å². The second-order valence-corrected chi connectivity index (χ2v) is 11.3. The summed E-state index contributed by atoms with van der Waals surface area (Å²) in [6.07, 6.45) is 10.6. The molecule has 2 aromatic heterocycles. The van der Waals surface area contributed by atoms with E-state index in [1.165, 1.54) is 6.26 Å². The first kappa shape index (κ1) is 24.4. The molecular weight excluding hydrogens is 466 g/mol. The highest BCUT2D eigenvalue weighted by Gasteiger charge is 2.46. The zero-order valence-electron chi connectivity index (χ0n) is 19.1. The second kappa shape index (κ2) is 10.3. The van der Waals surface area contributed by atoms with Gasteiger partial charge in [-0.05, 0) is 57.1 Å². The number of alkyl halides is 1. The van der Waals surface area contributed by atoms with Gasteiger partial charge in [0.05, 0.1) is 48.8 Å². The van der Waals surface area contributed by atoms with E-state index in [0.717, 1.165) is 43.5 Å². The van der Waals surface area contributed by atoms with Crippen LogP contribution in [0.4, 0.5) is 0 Å². The first-order chi connectivity index (χ1) is 15.8. The predicted octanol–water partition coefficient (Wildman–Crippen LogP) is 3.90. The molecule has 0 amide bonds. The van der Waals surface area contributed by atoms with Gasteiger partial charge in [-0.15, -0.1) is 11.6 Å². The molecule has 33 heavy (non-hydrogen) atoms. The van der Waals surface area contributed by atoms with Crippen LogP contribution < -0.4 is 9.46 Å². The number of pyridine rings is 1.